The van der Waals surface area contributed by atoms with Gasteiger partial charge in [0.15, 0.2) is 0 Å². The average Bonchev–Trinajstić information content (AvgIpc) is 3.15. The molecule has 1 aliphatic heterocycles. The standard InChI is InChI=1S/C27H41Cl2N5O5/c1-26(2,3)33-25(39)32-19(15-10-5-4-6-11-15)24(38)34-13-16-18(27(16,28)29)20(34)23(37)31-17(21(35)22(30)36)12-14-8-7-9-14/h14-20H,4-13H2,1-3H3,(H2,30,36)(H,31,37)(H2,32,33,39)/t16?,17?,18?,19-,20-/m0/s1. The van der Waals surface area contributed by atoms with Crippen molar-refractivity contribution < 1.29 is 24.0 Å². The summed E-state index contributed by atoms with van der Waals surface area (Å²) < 4.78 is -1.17. The quantitative estimate of drug-likeness (QED) is 0.242. The number of likely N-dealkylation sites (tertiary alicyclic amines) is 1. The first kappa shape index (κ1) is 29.9. The number of fused-ring (bicyclic) bond motifs is 1. The van der Waals surface area contributed by atoms with Gasteiger partial charge in [0, 0.05) is 23.9 Å². The Morgan fingerprint density at radius 3 is 2.15 bits per heavy atom. The first-order valence-corrected chi connectivity index (χ1v) is 14.9. The molecule has 5 amide bonds. The zero-order valence-electron chi connectivity index (χ0n) is 22.9. The van der Waals surface area contributed by atoms with E-state index < -0.39 is 57.5 Å². The molecule has 1 saturated heterocycles. The monoisotopic (exact) mass is 585 g/mol. The lowest BCUT2D eigenvalue weighted by Crippen LogP contribution is -2.61. The van der Waals surface area contributed by atoms with E-state index in [0.29, 0.717) is 6.42 Å². The average molecular weight is 587 g/mol. The molecule has 0 radical (unpaired) electrons. The molecule has 10 nitrogen and oxygen atoms in total. The van der Waals surface area contributed by atoms with Crippen LogP contribution in [-0.2, 0) is 19.2 Å². The Morgan fingerprint density at radius 1 is 0.974 bits per heavy atom. The molecule has 3 unspecified atom stereocenters. The van der Waals surface area contributed by atoms with Gasteiger partial charge in [0.1, 0.15) is 16.4 Å². The molecule has 0 aromatic rings. The Bertz CT molecular complexity index is 1010. The SMILES string of the molecule is CC(C)(C)NC(=O)N[C@H](C(=O)N1CC2C([C@H]1C(=O)NC(CC1CCC1)C(=O)C(N)=O)C2(Cl)Cl)C1CCCCC1. The van der Waals surface area contributed by atoms with Crippen molar-refractivity contribution in [2.24, 2.45) is 29.4 Å². The molecule has 3 saturated carbocycles. The summed E-state index contributed by atoms with van der Waals surface area (Å²) in [4.78, 5) is 66.4. The van der Waals surface area contributed by atoms with Crippen LogP contribution in [0.15, 0.2) is 0 Å². The van der Waals surface area contributed by atoms with Crippen LogP contribution in [0.3, 0.4) is 0 Å². The summed E-state index contributed by atoms with van der Waals surface area (Å²) in [5, 5.41) is 8.45. The molecule has 5 atom stereocenters. The number of rotatable bonds is 9. The molecule has 1 heterocycles. The van der Waals surface area contributed by atoms with Crippen LogP contribution in [0.1, 0.15) is 78.6 Å². The summed E-state index contributed by atoms with van der Waals surface area (Å²) in [6.45, 7) is 5.72. The van der Waals surface area contributed by atoms with Crippen LogP contribution in [0, 0.1) is 23.7 Å². The first-order valence-electron chi connectivity index (χ1n) is 14.1. The van der Waals surface area contributed by atoms with E-state index in [-0.39, 0.29) is 30.2 Å². The lowest BCUT2D eigenvalue weighted by atomic mass is 9.80. The van der Waals surface area contributed by atoms with Gasteiger partial charge in [0.2, 0.25) is 17.6 Å². The molecule has 4 fully saturated rings. The zero-order valence-corrected chi connectivity index (χ0v) is 24.4. The third kappa shape index (κ3) is 6.64. The second-order valence-corrected chi connectivity index (χ2v) is 14.2. The second kappa shape index (κ2) is 11.4. The number of piperidine rings is 1. The number of primary amides is 1. The van der Waals surface area contributed by atoms with Crippen LogP contribution in [-0.4, -0.2) is 69.0 Å². The fraction of sp³-hybridized carbons (Fsp3) is 0.815. The number of nitrogens with zero attached hydrogens (tertiary/aromatic N) is 1. The molecule has 4 rings (SSSR count). The first-order chi connectivity index (χ1) is 18.2. The van der Waals surface area contributed by atoms with Crippen molar-refractivity contribution in [1.82, 2.24) is 20.9 Å². The minimum Gasteiger partial charge on any atom is -0.363 e. The van der Waals surface area contributed by atoms with E-state index in [2.05, 4.69) is 16.0 Å². The number of carbonyl (C=O) groups excluding carboxylic acids is 5. The van der Waals surface area contributed by atoms with Crippen molar-refractivity contribution in [2.75, 3.05) is 6.54 Å². The molecular weight excluding hydrogens is 545 g/mol. The van der Waals surface area contributed by atoms with Gasteiger partial charge in [-0.2, -0.15) is 0 Å². The van der Waals surface area contributed by atoms with Crippen molar-refractivity contribution in [1.29, 1.82) is 0 Å². The highest BCUT2D eigenvalue weighted by Gasteiger charge is 2.74. The number of hydrogen-bond donors (Lipinski definition) is 4. The van der Waals surface area contributed by atoms with Crippen molar-refractivity contribution in [3.05, 3.63) is 0 Å². The summed E-state index contributed by atoms with van der Waals surface area (Å²) in [6, 6.07) is -3.37. The van der Waals surface area contributed by atoms with Crippen LogP contribution in [0.25, 0.3) is 0 Å². The van der Waals surface area contributed by atoms with E-state index in [1.807, 2.05) is 20.8 Å². The molecule has 5 N–H and O–H groups in total. The maximum atomic E-state index is 14.1. The Kier molecular flexibility index (Phi) is 8.76. The number of urea groups is 1. The minimum atomic E-state index is -1.17. The maximum absolute atomic E-state index is 14.1. The molecule has 12 heteroatoms. The van der Waals surface area contributed by atoms with Gasteiger partial charge in [0.05, 0.1) is 6.04 Å². The predicted octanol–water partition coefficient (Wildman–Crippen LogP) is 2.39. The fourth-order valence-corrected chi connectivity index (χ4v) is 7.23. The second-order valence-electron chi connectivity index (χ2n) is 12.8. The number of Topliss-reactive ketones (excluding diaryl/α,β-unsaturated/α-hetero) is 1. The van der Waals surface area contributed by atoms with Crippen molar-refractivity contribution >= 4 is 52.7 Å². The molecule has 0 bridgehead atoms. The molecule has 0 aromatic heterocycles. The number of nitrogens with two attached hydrogens (primary N) is 1. The molecule has 4 aliphatic rings. The smallest absolute Gasteiger partial charge is 0.315 e. The van der Waals surface area contributed by atoms with Crippen molar-refractivity contribution in [2.45, 2.75) is 107 Å². The van der Waals surface area contributed by atoms with Gasteiger partial charge in [-0.1, -0.05) is 38.5 Å². The van der Waals surface area contributed by atoms with Gasteiger partial charge >= 0.3 is 6.03 Å². The Balaban J connectivity index is 1.55. The van der Waals surface area contributed by atoms with Crippen LogP contribution in [0.2, 0.25) is 0 Å². The number of nitrogens with one attached hydrogen (secondary N) is 3. The van der Waals surface area contributed by atoms with E-state index in [0.717, 1.165) is 51.4 Å². The highest BCUT2D eigenvalue weighted by atomic mass is 35.5. The molecule has 0 aromatic carbocycles. The largest absolute Gasteiger partial charge is 0.363 e. The number of ketones is 1. The van der Waals surface area contributed by atoms with E-state index in [1.54, 1.807) is 0 Å². The molecule has 218 valence electrons. The third-order valence-electron chi connectivity index (χ3n) is 8.72. The van der Waals surface area contributed by atoms with Gasteiger partial charge in [-0.25, -0.2) is 4.79 Å². The lowest BCUT2D eigenvalue weighted by molar-refractivity contribution is -0.144. The zero-order chi connectivity index (χ0) is 28.7. The van der Waals surface area contributed by atoms with Gasteiger partial charge in [0.25, 0.3) is 5.91 Å². The van der Waals surface area contributed by atoms with E-state index in [9.17, 15) is 24.0 Å². The Hall–Kier alpha value is -2.07. The summed E-state index contributed by atoms with van der Waals surface area (Å²) in [6.07, 6.45) is 7.72. The number of alkyl halides is 2. The van der Waals surface area contributed by atoms with E-state index in [1.165, 1.54) is 4.90 Å². The van der Waals surface area contributed by atoms with E-state index in [4.69, 9.17) is 28.9 Å². The van der Waals surface area contributed by atoms with Gasteiger partial charge < -0.3 is 26.6 Å². The number of carbonyl (C=O) groups is 5. The maximum Gasteiger partial charge on any atom is 0.315 e. The van der Waals surface area contributed by atoms with Gasteiger partial charge in [-0.3, -0.25) is 19.2 Å². The normalized spacial score (nSPS) is 27.9. The van der Waals surface area contributed by atoms with Gasteiger partial charge in [-0.05, 0) is 51.9 Å². The lowest BCUT2D eigenvalue weighted by Gasteiger charge is -2.37. The summed E-state index contributed by atoms with van der Waals surface area (Å²) in [5.74, 6) is -3.60. The number of amides is 5. The highest BCUT2D eigenvalue weighted by Crippen LogP contribution is 2.65. The molecular formula is C27H41Cl2N5O5. The number of hydrogen-bond acceptors (Lipinski definition) is 5. The topological polar surface area (TPSA) is 151 Å². The summed E-state index contributed by atoms with van der Waals surface area (Å²) in [7, 11) is 0. The van der Waals surface area contributed by atoms with Gasteiger partial charge in [-0.15, -0.1) is 23.2 Å². The van der Waals surface area contributed by atoms with Crippen LogP contribution in [0.4, 0.5) is 4.79 Å². The summed E-state index contributed by atoms with van der Waals surface area (Å²) >= 11 is 13.0. The molecule has 0 spiro atoms. The number of halogens is 2. The third-order valence-corrected chi connectivity index (χ3v) is 9.78. The van der Waals surface area contributed by atoms with Crippen LogP contribution >= 0.6 is 23.2 Å². The summed E-state index contributed by atoms with van der Waals surface area (Å²) in [5.41, 5.74) is 4.78. The van der Waals surface area contributed by atoms with Crippen LogP contribution < -0.4 is 21.7 Å². The highest BCUT2D eigenvalue weighted by molar-refractivity contribution is 6.51. The van der Waals surface area contributed by atoms with Crippen LogP contribution in [0.5, 0.6) is 0 Å². The van der Waals surface area contributed by atoms with Crippen molar-refractivity contribution in [3.63, 3.8) is 0 Å². The van der Waals surface area contributed by atoms with Crippen molar-refractivity contribution in [3.8, 4) is 0 Å². The Labute approximate surface area is 239 Å². The van der Waals surface area contributed by atoms with E-state index >= 15 is 0 Å². The Morgan fingerprint density at radius 2 is 1.62 bits per heavy atom. The molecule has 39 heavy (non-hydrogen) atoms. The predicted molar refractivity (Wildman–Crippen MR) is 147 cm³/mol. The fourth-order valence-electron chi connectivity index (χ4n) is 6.40. The minimum absolute atomic E-state index is 0.0721. The molecule has 3 aliphatic carbocycles.